The number of ether oxygens (including phenoxy) is 2. The Morgan fingerprint density at radius 3 is 2.67 bits per heavy atom. The van der Waals surface area contributed by atoms with Crippen molar-refractivity contribution >= 4 is 22.7 Å². The molecular weight excluding hydrogens is 401 g/mol. The first-order chi connectivity index (χ1) is 14.4. The topological polar surface area (TPSA) is 82.6 Å². The van der Waals surface area contributed by atoms with Gasteiger partial charge in [-0.3, -0.25) is 0 Å². The van der Waals surface area contributed by atoms with Gasteiger partial charge in [-0.1, -0.05) is 0 Å². The first-order valence-electron chi connectivity index (χ1n) is 9.51. The van der Waals surface area contributed by atoms with Gasteiger partial charge in [0.25, 0.3) is 0 Å². The molecule has 2 aromatic carbocycles. The van der Waals surface area contributed by atoms with Gasteiger partial charge >= 0.3 is 6.36 Å². The number of fused-ring (bicyclic) bond motifs is 1. The largest absolute Gasteiger partial charge is 0.573 e. The molecule has 0 bridgehead atoms. The highest BCUT2D eigenvalue weighted by molar-refractivity contribution is 5.81. The van der Waals surface area contributed by atoms with Crippen LogP contribution >= 0.6 is 0 Å². The van der Waals surface area contributed by atoms with Crippen LogP contribution in [0.5, 0.6) is 11.5 Å². The minimum atomic E-state index is -4.71. The Kier molecular flexibility index (Phi) is 5.58. The summed E-state index contributed by atoms with van der Waals surface area (Å²) in [6.45, 7) is 1.90. The Morgan fingerprint density at radius 1 is 1.17 bits per heavy atom. The summed E-state index contributed by atoms with van der Waals surface area (Å²) in [6, 6.07) is 11.4. The summed E-state index contributed by atoms with van der Waals surface area (Å²) in [7, 11) is 0. The zero-order valence-corrected chi connectivity index (χ0v) is 15.9. The van der Waals surface area contributed by atoms with Crippen molar-refractivity contribution in [3.05, 3.63) is 42.5 Å². The number of nitrogens with one attached hydrogen (secondary N) is 2. The SMILES string of the molecule is OCCNc1nc2ccc(N3CCC(Oc4ccc(OC(F)(F)F)cc4)C3)cc2[nH]1. The highest BCUT2D eigenvalue weighted by Gasteiger charge is 2.31. The van der Waals surface area contributed by atoms with Gasteiger partial charge in [0.2, 0.25) is 5.95 Å². The number of halogens is 3. The Morgan fingerprint density at radius 2 is 1.93 bits per heavy atom. The van der Waals surface area contributed by atoms with Crippen molar-refractivity contribution in [2.24, 2.45) is 0 Å². The number of nitrogens with zero attached hydrogens (tertiary/aromatic N) is 2. The quantitative estimate of drug-likeness (QED) is 0.541. The number of aliphatic hydroxyl groups excluding tert-OH is 1. The number of alkyl halides is 3. The van der Waals surface area contributed by atoms with E-state index in [1.807, 2.05) is 18.2 Å². The first kappa shape index (κ1) is 20.1. The number of aliphatic hydroxyl groups is 1. The molecule has 1 saturated heterocycles. The van der Waals surface area contributed by atoms with Crippen LogP contribution in [0.25, 0.3) is 11.0 Å². The van der Waals surface area contributed by atoms with Gasteiger partial charge in [-0.05, 0) is 42.5 Å². The van der Waals surface area contributed by atoms with E-state index in [0.29, 0.717) is 24.8 Å². The number of H-pyrrole nitrogens is 1. The van der Waals surface area contributed by atoms with Crippen molar-refractivity contribution in [2.75, 3.05) is 36.5 Å². The van der Waals surface area contributed by atoms with Crippen molar-refractivity contribution < 1.29 is 27.8 Å². The lowest BCUT2D eigenvalue weighted by Gasteiger charge is -2.19. The van der Waals surface area contributed by atoms with Crippen molar-refractivity contribution in [3.8, 4) is 11.5 Å². The maximum atomic E-state index is 12.2. The molecule has 2 heterocycles. The predicted octanol–water partition coefficient (Wildman–Crippen LogP) is 3.52. The molecular formula is C20H21F3N4O3. The van der Waals surface area contributed by atoms with Crippen LogP contribution in [0.15, 0.2) is 42.5 Å². The third-order valence-corrected chi connectivity index (χ3v) is 4.74. The maximum Gasteiger partial charge on any atom is 0.573 e. The number of benzene rings is 2. The van der Waals surface area contributed by atoms with Gasteiger partial charge in [-0.15, -0.1) is 13.2 Å². The highest BCUT2D eigenvalue weighted by atomic mass is 19.4. The Balaban J connectivity index is 1.37. The van der Waals surface area contributed by atoms with E-state index in [1.54, 1.807) is 0 Å². The molecule has 4 rings (SSSR count). The molecule has 0 saturated carbocycles. The van der Waals surface area contributed by atoms with Crippen molar-refractivity contribution in [1.29, 1.82) is 0 Å². The summed E-state index contributed by atoms with van der Waals surface area (Å²) in [5.74, 6) is 0.834. The van der Waals surface area contributed by atoms with Gasteiger partial charge in [-0.25, -0.2) is 4.98 Å². The number of hydrogen-bond donors (Lipinski definition) is 3. The zero-order valence-electron chi connectivity index (χ0n) is 15.9. The number of rotatable bonds is 7. The number of aromatic amines is 1. The fourth-order valence-electron chi connectivity index (χ4n) is 3.42. The Hall–Kier alpha value is -3.14. The number of hydrogen-bond acceptors (Lipinski definition) is 6. The van der Waals surface area contributed by atoms with Crippen molar-refractivity contribution in [2.45, 2.75) is 18.9 Å². The van der Waals surface area contributed by atoms with Gasteiger partial charge in [0.05, 0.1) is 24.2 Å². The average Bonchev–Trinajstić information content (AvgIpc) is 3.32. The van der Waals surface area contributed by atoms with E-state index >= 15 is 0 Å². The molecule has 3 aromatic rings. The van der Waals surface area contributed by atoms with Gasteiger partial charge in [0.15, 0.2) is 0 Å². The van der Waals surface area contributed by atoms with Crippen LogP contribution in [-0.4, -0.2) is 53.8 Å². The molecule has 1 aromatic heterocycles. The first-order valence-corrected chi connectivity index (χ1v) is 9.51. The summed E-state index contributed by atoms with van der Waals surface area (Å²) in [4.78, 5) is 9.79. The Bertz CT molecular complexity index is 991. The molecule has 0 radical (unpaired) electrons. The van der Waals surface area contributed by atoms with E-state index in [0.717, 1.165) is 29.7 Å². The fraction of sp³-hybridized carbons (Fsp3) is 0.350. The monoisotopic (exact) mass is 422 g/mol. The minimum Gasteiger partial charge on any atom is -0.489 e. The Labute approximate surface area is 170 Å². The molecule has 10 heteroatoms. The van der Waals surface area contributed by atoms with Gasteiger partial charge in [0.1, 0.15) is 17.6 Å². The van der Waals surface area contributed by atoms with E-state index in [2.05, 4.69) is 24.9 Å². The average molecular weight is 422 g/mol. The van der Waals surface area contributed by atoms with E-state index in [-0.39, 0.29) is 18.5 Å². The fourth-order valence-corrected chi connectivity index (χ4v) is 3.42. The van der Waals surface area contributed by atoms with E-state index in [4.69, 9.17) is 9.84 Å². The number of imidazole rings is 1. The molecule has 0 amide bonds. The molecule has 1 unspecified atom stereocenters. The normalized spacial score (nSPS) is 16.8. The second-order valence-electron chi connectivity index (χ2n) is 6.93. The third-order valence-electron chi connectivity index (χ3n) is 4.74. The standard InChI is InChI=1S/C20H21F3N4O3/c21-20(22,23)30-15-4-2-14(3-5-15)29-16-7-9-27(12-16)13-1-6-17-18(11-13)26-19(25-17)24-8-10-28/h1-6,11,16,28H,7-10,12H2,(H2,24,25,26). The molecule has 7 nitrogen and oxygen atoms in total. The second kappa shape index (κ2) is 8.31. The molecule has 3 N–H and O–H groups in total. The molecule has 1 aliphatic heterocycles. The number of anilines is 2. The van der Waals surface area contributed by atoms with Crippen LogP contribution in [-0.2, 0) is 0 Å². The zero-order chi connectivity index (χ0) is 21.1. The van der Waals surface area contributed by atoms with E-state index in [1.165, 1.54) is 24.3 Å². The summed E-state index contributed by atoms with van der Waals surface area (Å²) in [6.07, 6.45) is -3.98. The van der Waals surface area contributed by atoms with Crippen LogP contribution in [0.2, 0.25) is 0 Å². The molecule has 30 heavy (non-hydrogen) atoms. The lowest BCUT2D eigenvalue weighted by atomic mass is 10.2. The number of aromatic nitrogens is 2. The summed E-state index contributed by atoms with van der Waals surface area (Å²) < 4.78 is 46.5. The molecule has 0 aliphatic carbocycles. The summed E-state index contributed by atoms with van der Waals surface area (Å²) in [5, 5.41) is 11.9. The maximum absolute atomic E-state index is 12.2. The molecule has 1 aliphatic rings. The summed E-state index contributed by atoms with van der Waals surface area (Å²) in [5.41, 5.74) is 2.74. The van der Waals surface area contributed by atoms with E-state index < -0.39 is 6.36 Å². The third kappa shape index (κ3) is 4.88. The van der Waals surface area contributed by atoms with Crippen LogP contribution < -0.4 is 19.7 Å². The van der Waals surface area contributed by atoms with Gasteiger partial charge < -0.3 is 29.8 Å². The lowest BCUT2D eigenvalue weighted by molar-refractivity contribution is -0.274. The van der Waals surface area contributed by atoms with Crippen LogP contribution in [0.4, 0.5) is 24.8 Å². The molecule has 1 atom stereocenters. The van der Waals surface area contributed by atoms with Gasteiger partial charge in [0, 0.05) is 25.2 Å². The van der Waals surface area contributed by atoms with Crippen molar-refractivity contribution in [1.82, 2.24) is 9.97 Å². The van der Waals surface area contributed by atoms with Crippen molar-refractivity contribution in [3.63, 3.8) is 0 Å². The highest BCUT2D eigenvalue weighted by Crippen LogP contribution is 2.28. The lowest BCUT2D eigenvalue weighted by Crippen LogP contribution is -2.24. The molecule has 160 valence electrons. The predicted molar refractivity (Wildman–Crippen MR) is 106 cm³/mol. The molecule has 0 spiro atoms. The second-order valence-corrected chi connectivity index (χ2v) is 6.93. The van der Waals surface area contributed by atoms with Crippen LogP contribution in [0.1, 0.15) is 6.42 Å². The van der Waals surface area contributed by atoms with E-state index in [9.17, 15) is 13.2 Å². The minimum absolute atomic E-state index is 0.0234. The molecule has 1 fully saturated rings. The smallest absolute Gasteiger partial charge is 0.489 e. The van der Waals surface area contributed by atoms with Crippen LogP contribution in [0, 0.1) is 0 Å². The summed E-state index contributed by atoms with van der Waals surface area (Å²) >= 11 is 0. The van der Waals surface area contributed by atoms with Gasteiger partial charge in [-0.2, -0.15) is 0 Å². The van der Waals surface area contributed by atoms with Crippen LogP contribution in [0.3, 0.4) is 0 Å².